The van der Waals surface area contributed by atoms with Crippen molar-refractivity contribution >= 4 is 23.2 Å². The molecular formula is C13H19Cl2NO. The van der Waals surface area contributed by atoms with Gasteiger partial charge in [0.15, 0.2) is 0 Å². The summed E-state index contributed by atoms with van der Waals surface area (Å²) in [6.45, 7) is 2.51. The quantitative estimate of drug-likeness (QED) is 0.834. The van der Waals surface area contributed by atoms with E-state index >= 15 is 0 Å². The molecule has 0 spiro atoms. The maximum atomic E-state index is 10.1. The van der Waals surface area contributed by atoms with Crippen LogP contribution in [0.15, 0.2) is 18.2 Å². The van der Waals surface area contributed by atoms with E-state index < -0.39 is 6.10 Å². The minimum atomic E-state index is -0.419. The first-order valence-corrected chi connectivity index (χ1v) is 6.68. The van der Waals surface area contributed by atoms with Gasteiger partial charge in [-0.2, -0.15) is 0 Å². The molecule has 0 aliphatic heterocycles. The standard InChI is InChI=1S/C13H19Cl2NO/c1-2-3-4-13(17)10(8-16)9-5-6-11(14)12(15)7-9/h5-7,10,13,17H,2-4,8,16H2,1H3. The minimum absolute atomic E-state index is 0.0729. The first-order chi connectivity index (χ1) is 8.10. The van der Waals surface area contributed by atoms with Crippen molar-refractivity contribution in [3.05, 3.63) is 33.8 Å². The normalized spacial score (nSPS) is 14.6. The molecule has 1 rings (SSSR count). The Morgan fingerprint density at radius 2 is 2.00 bits per heavy atom. The second-order valence-corrected chi connectivity index (χ2v) is 5.04. The molecule has 0 fully saturated rings. The topological polar surface area (TPSA) is 46.2 Å². The van der Waals surface area contributed by atoms with Gasteiger partial charge in [-0.25, -0.2) is 0 Å². The molecule has 0 radical (unpaired) electrons. The van der Waals surface area contributed by atoms with E-state index in [1.54, 1.807) is 12.1 Å². The molecule has 0 bridgehead atoms. The number of nitrogens with two attached hydrogens (primary N) is 1. The van der Waals surface area contributed by atoms with E-state index in [2.05, 4.69) is 6.92 Å². The lowest BCUT2D eigenvalue weighted by atomic mass is 9.90. The highest BCUT2D eigenvalue weighted by Crippen LogP contribution is 2.28. The fourth-order valence-electron chi connectivity index (χ4n) is 1.87. The van der Waals surface area contributed by atoms with Gasteiger partial charge in [-0.15, -0.1) is 0 Å². The summed E-state index contributed by atoms with van der Waals surface area (Å²) in [5, 5.41) is 11.1. The van der Waals surface area contributed by atoms with E-state index in [1.165, 1.54) is 0 Å². The maximum Gasteiger partial charge on any atom is 0.0620 e. The minimum Gasteiger partial charge on any atom is -0.392 e. The molecule has 1 aromatic carbocycles. The number of hydrogen-bond acceptors (Lipinski definition) is 2. The van der Waals surface area contributed by atoms with Gasteiger partial charge in [0, 0.05) is 12.5 Å². The number of rotatable bonds is 6. The van der Waals surface area contributed by atoms with Crippen molar-refractivity contribution in [2.75, 3.05) is 6.54 Å². The van der Waals surface area contributed by atoms with Crippen LogP contribution in [0, 0.1) is 0 Å². The van der Waals surface area contributed by atoms with Crippen LogP contribution in [0.25, 0.3) is 0 Å². The van der Waals surface area contributed by atoms with Gasteiger partial charge in [-0.3, -0.25) is 0 Å². The van der Waals surface area contributed by atoms with E-state index in [1.807, 2.05) is 6.07 Å². The zero-order chi connectivity index (χ0) is 12.8. The zero-order valence-electron chi connectivity index (χ0n) is 10.00. The lowest BCUT2D eigenvalue weighted by Crippen LogP contribution is -2.25. The van der Waals surface area contributed by atoms with Crippen LogP contribution >= 0.6 is 23.2 Å². The van der Waals surface area contributed by atoms with E-state index in [9.17, 15) is 5.11 Å². The Morgan fingerprint density at radius 3 is 2.53 bits per heavy atom. The largest absolute Gasteiger partial charge is 0.392 e. The average Bonchev–Trinajstić information content (AvgIpc) is 2.32. The molecule has 0 saturated heterocycles. The molecule has 2 unspecified atom stereocenters. The number of benzene rings is 1. The number of hydrogen-bond donors (Lipinski definition) is 2. The van der Waals surface area contributed by atoms with Gasteiger partial charge in [0.1, 0.15) is 0 Å². The molecular weight excluding hydrogens is 257 g/mol. The fraction of sp³-hybridized carbons (Fsp3) is 0.538. The molecule has 0 saturated carbocycles. The lowest BCUT2D eigenvalue weighted by molar-refractivity contribution is 0.133. The first-order valence-electron chi connectivity index (χ1n) is 5.93. The van der Waals surface area contributed by atoms with Gasteiger partial charge in [0.25, 0.3) is 0 Å². The van der Waals surface area contributed by atoms with Gasteiger partial charge in [0.2, 0.25) is 0 Å². The van der Waals surface area contributed by atoms with Crippen molar-refractivity contribution in [2.24, 2.45) is 5.73 Å². The summed E-state index contributed by atoms with van der Waals surface area (Å²) < 4.78 is 0. The number of unbranched alkanes of at least 4 members (excludes halogenated alkanes) is 1. The third kappa shape index (κ3) is 4.14. The van der Waals surface area contributed by atoms with E-state index in [0.717, 1.165) is 24.8 Å². The van der Waals surface area contributed by atoms with Crippen molar-refractivity contribution in [1.82, 2.24) is 0 Å². The number of halogens is 2. The molecule has 0 aromatic heterocycles. The molecule has 96 valence electrons. The van der Waals surface area contributed by atoms with E-state index in [0.29, 0.717) is 16.6 Å². The van der Waals surface area contributed by atoms with Crippen LogP contribution in [0.1, 0.15) is 37.7 Å². The maximum absolute atomic E-state index is 10.1. The Balaban J connectivity index is 2.81. The monoisotopic (exact) mass is 275 g/mol. The van der Waals surface area contributed by atoms with Crippen LogP contribution in [0.2, 0.25) is 10.0 Å². The van der Waals surface area contributed by atoms with Crippen molar-refractivity contribution in [3.63, 3.8) is 0 Å². The summed E-state index contributed by atoms with van der Waals surface area (Å²) in [6.07, 6.45) is 2.41. The van der Waals surface area contributed by atoms with Crippen molar-refractivity contribution in [3.8, 4) is 0 Å². The average molecular weight is 276 g/mol. The SMILES string of the molecule is CCCCC(O)C(CN)c1ccc(Cl)c(Cl)c1. The predicted molar refractivity (Wildman–Crippen MR) is 73.8 cm³/mol. The second-order valence-electron chi connectivity index (χ2n) is 4.23. The molecule has 17 heavy (non-hydrogen) atoms. The van der Waals surface area contributed by atoms with Crippen LogP contribution in [0.5, 0.6) is 0 Å². The Bertz CT molecular complexity index is 357. The van der Waals surface area contributed by atoms with Gasteiger partial charge in [-0.05, 0) is 24.1 Å². The number of aliphatic hydroxyl groups is 1. The Kier molecular flexibility index (Phi) is 6.28. The summed E-state index contributed by atoms with van der Waals surface area (Å²) in [5.74, 6) is -0.0729. The molecule has 1 aromatic rings. The Hall–Kier alpha value is -0.280. The lowest BCUT2D eigenvalue weighted by Gasteiger charge is -2.22. The summed E-state index contributed by atoms with van der Waals surface area (Å²) >= 11 is 11.8. The molecule has 0 aliphatic carbocycles. The second kappa shape index (κ2) is 7.22. The molecule has 0 aliphatic rings. The molecule has 0 heterocycles. The van der Waals surface area contributed by atoms with Gasteiger partial charge >= 0.3 is 0 Å². The fourth-order valence-corrected chi connectivity index (χ4v) is 2.18. The van der Waals surface area contributed by atoms with Gasteiger partial charge in [-0.1, -0.05) is 49.0 Å². The highest BCUT2D eigenvalue weighted by atomic mass is 35.5. The summed E-state index contributed by atoms with van der Waals surface area (Å²) in [6, 6.07) is 5.41. The van der Waals surface area contributed by atoms with Crippen LogP contribution in [0.3, 0.4) is 0 Å². The van der Waals surface area contributed by atoms with Crippen LogP contribution in [-0.4, -0.2) is 17.8 Å². The Morgan fingerprint density at radius 1 is 1.29 bits per heavy atom. The van der Waals surface area contributed by atoms with Crippen molar-refractivity contribution in [2.45, 2.75) is 38.2 Å². The van der Waals surface area contributed by atoms with Crippen LogP contribution in [0.4, 0.5) is 0 Å². The summed E-state index contributed by atoms with van der Waals surface area (Å²) in [7, 11) is 0. The predicted octanol–water partition coefficient (Wildman–Crippen LogP) is 3.59. The molecule has 0 amide bonds. The Labute approximate surface area is 113 Å². The molecule has 2 atom stereocenters. The van der Waals surface area contributed by atoms with Gasteiger partial charge in [0.05, 0.1) is 16.1 Å². The zero-order valence-corrected chi connectivity index (χ0v) is 11.5. The van der Waals surface area contributed by atoms with E-state index in [4.69, 9.17) is 28.9 Å². The summed E-state index contributed by atoms with van der Waals surface area (Å²) in [5.41, 5.74) is 6.68. The molecule has 2 nitrogen and oxygen atoms in total. The van der Waals surface area contributed by atoms with Crippen molar-refractivity contribution in [1.29, 1.82) is 0 Å². The third-order valence-electron chi connectivity index (χ3n) is 2.94. The van der Waals surface area contributed by atoms with E-state index in [-0.39, 0.29) is 5.92 Å². The highest BCUT2D eigenvalue weighted by molar-refractivity contribution is 6.42. The van der Waals surface area contributed by atoms with Crippen molar-refractivity contribution < 1.29 is 5.11 Å². The summed E-state index contributed by atoms with van der Waals surface area (Å²) in [4.78, 5) is 0. The highest BCUT2D eigenvalue weighted by Gasteiger charge is 2.19. The number of aliphatic hydroxyl groups excluding tert-OH is 1. The third-order valence-corrected chi connectivity index (χ3v) is 3.68. The molecule has 4 heteroatoms. The smallest absolute Gasteiger partial charge is 0.0620 e. The molecule has 3 N–H and O–H groups in total. The van der Waals surface area contributed by atoms with Gasteiger partial charge < -0.3 is 10.8 Å². The first kappa shape index (κ1) is 14.8. The van der Waals surface area contributed by atoms with Crippen LogP contribution in [-0.2, 0) is 0 Å². The van der Waals surface area contributed by atoms with Crippen LogP contribution < -0.4 is 5.73 Å².